The van der Waals surface area contributed by atoms with Gasteiger partial charge in [-0.3, -0.25) is 4.79 Å². The van der Waals surface area contributed by atoms with Crippen LogP contribution in [0.1, 0.15) is 15.9 Å². The largest absolute Gasteiger partial charge is 0.497 e. The van der Waals surface area contributed by atoms with E-state index in [0.717, 1.165) is 21.9 Å². The molecule has 4 nitrogen and oxygen atoms in total. The molecule has 0 aliphatic carbocycles. The van der Waals surface area contributed by atoms with Crippen LogP contribution < -0.4 is 4.74 Å². The van der Waals surface area contributed by atoms with Gasteiger partial charge in [0.15, 0.2) is 5.78 Å². The fourth-order valence-electron chi connectivity index (χ4n) is 2.84. The number of para-hydroxylation sites is 1. The van der Waals surface area contributed by atoms with E-state index in [0.29, 0.717) is 11.3 Å². The van der Waals surface area contributed by atoms with Gasteiger partial charge in [0.1, 0.15) is 11.4 Å². The third-order valence-corrected chi connectivity index (χ3v) is 5.17. The molecule has 0 N–H and O–H groups in total. The van der Waals surface area contributed by atoms with Crippen LogP contribution >= 0.6 is 11.3 Å². The van der Waals surface area contributed by atoms with Gasteiger partial charge in [-0.05, 0) is 47.4 Å². The Labute approximate surface area is 167 Å². The standard InChI is InChI=1S/C23H18N2O2S/c1-27-19-12-9-17(10-13-19)11-14-21(26)20-16-25(18-6-3-2-4-7-18)24-23(20)22-8-5-15-28-22/h2-16H,1H3. The highest BCUT2D eigenvalue weighted by Gasteiger charge is 2.17. The fraction of sp³-hybridized carbons (Fsp3) is 0.0435. The maximum atomic E-state index is 12.9. The number of carbonyl (C=O) groups excluding carboxylic acids is 1. The Morgan fingerprint density at radius 2 is 1.82 bits per heavy atom. The number of nitrogens with zero attached hydrogens (tertiary/aromatic N) is 2. The number of thiophene rings is 1. The second-order valence-electron chi connectivity index (χ2n) is 6.12. The zero-order chi connectivity index (χ0) is 19.3. The summed E-state index contributed by atoms with van der Waals surface area (Å²) in [5, 5.41) is 6.66. The summed E-state index contributed by atoms with van der Waals surface area (Å²) in [6, 6.07) is 21.3. The number of aromatic nitrogens is 2. The Balaban J connectivity index is 1.68. The summed E-state index contributed by atoms with van der Waals surface area (Å²) >= 11 is 1.57. The molecule has 0 radical (unpaired) electrons. The number of ketones is 1. The van der Waals surface area contributed by atoms with Crippen molar-refractivity contribution in [2.75, 3.05) is 7.11 Å². The average Bonchev–Trinajstić information content (AvgIpc) is 3.43. The lowest BCUT2D eigenvalue weighted by molar-refractivity contribution is 0.104. The molecule has 0 saturated heterocycles. The summed E-state index contributed by atoms with van der Waals surface area (Å²) in [5.41, 5.74) is 3.13. The Morgan fingerprint density at radius 3 is 2.50 bits per heavy atom. The van der Waals surface area contributed by atoms with Gasteiger partial charge < -0.3 is 4.74 Å². The highest BCUT2D eigenvalue weighted by molar-refractivity contribution is 7.13. The molecule has 4 aromatic rings. The molecule has 5 heteroatoms. The summed E-state index contributed by atoms with van der Waals surface area (Å²) < 4.78 is 6.92. The van der Waals surface area contributed by atoms with Crippen molar-refractivity contribution in [3.05, 3.63) is 95.5 Å². The minimum Gasteiger partial charge on any atom is -0.497 e. The van der Waals surface area contributed by atoms with E-state index in [2.05, 4.69) is 5.10 Å². The lowest BCUT2D eigenvalue weighted by Gasteiger charge is -1.99. The predicted molar refractivity (Wildman–Crippen MR) is 113 cm³/mol. The second-order valence-corrected chi connectivity index (χ2v) is 7.07. The Morgan fingerprint density at radius 1 is 1.04 bits per heavy atom. The van der Waals surface area contributed by atoms with Crippen LogP contribution in [0.15, 0.2) is 84.4 Å². The van der Waals surface area contributed by atoms with Crippen molar-refractivity contribution in [2.24, 2.45) is 0 Å². The number of allylic oxidation sites excluding steroid dienone is 1. The summed E-state index contributed by atoms with van der Waals surface area (Å²) in [7, 11) is 1.63. The molecule has 0 saturated carbocycles. The molecule has 0 aliphatic heterocycles. The molecule has 0 unspecified atom stereocenters. The fourth-order valence-corrected chi connectivity index (χ4v) is 3.56. The Bertz CT molecular complexity index is 1100. The van der Waals surface area contributed by atoms with Gasteiger partial charge in [0.05, 0.1) is 23.2 Å². The number of rotatable bonds is 6. The van der Waals surface area contributed by atoms with Crippen LogP contribution in [-0.2, 0) is 0 Å². The lowest BCUT2D eigenvalue weighted by atomic mass is 10.1. The summed E-state index contributed by atoms with van der Waals surface area (Å²) in [5.74, 6) is 0.703. The number of ether oxygens (including phenoxy) is 1. The summed E-state index contributed by atoms with van der Waals surface area (Å²) in [6.07, 6.45) is 5.19. The Hall–Kier alpha value is -3.44. The molecule has 28 heavy (non-hydrogen) atoms. The van der Waals surface area contributed by atoms with E-state index >= 15 is 0 Å². The first-order valence-electron chi connectivity index (χ1n) is 8.80. The minimum absolute atomic E-state index is 0.0820. The van der Waals surface area contributed by atoms with Crippen molar-refractivity contribution in [1.29, 1.82) is 0 Å². The maximum absolute atomic E-state index is 12.9. The molecule has 2 aromatic heterocycles. The third kappa shape index (κ3) is 3.80. The number of methoxy groups -OCH3 is 1. The number of hydrogen-bond acceptors (Lipinski definition) is 4. The quantitative estimate of drug-likeness (QED) is 0.324. The van der Waals surface area contributed by atoms with Crippen LogP contribution in [0, 0.1) is 0 Å². The maximum Gasteiger partial charge on any atom is 0.189 e. The molecule has 4 rings (SSSR count). The van der Waals surface area contributed by atoms with Crippen LogP contribution in [0.4, 0.5) is 0 Å². The topological polar surface area (TPSA) is 44.1 Å². The number of benzene rings is 2. The van der Waals surface area contributed by atoms with Gasteiger partial charge in [0.2, 0.25) is 0 Å². The first-order valence-corrected chi connectivity index (χ1v) is 9.68. The second kappa shape index (κ2) is 8.06. The smallest absolute Gasteiger partial charge is 0.189 e. The average molecular weight is 386 g/mol. The van der Waals surface area contributed by atoms with Crippen LogP contribution in [0.2, 0.25) is 0 Å². The van der Waals surface area contributed by atoms with Gasteiger partial charge in [-0.1, -0.05) is 42.5 Å². The van der Waals surface area contributed by atoms with Crippen molar-refractivity contribution in [2.45, 2.75) is 0 Å². The van der Waals surface area contributed by atoms with Crippen molar-refractivity contribution < 1.29 is 9.53 Å². The van der Waals surface area contributed by atoms with Crippen LogP contribution in [-0.4, -0.2) is 22.7 Å². The van der Waals surface area contributed by atoms with Crippen molar-refractivity contribution >= 4 is 23.2 Å². The van der Waals surface area contributed by atoms with E-state index in [-0.39, 0.29) is 5.78 Å². The van der Waals surface area contributed by atoms with E-state index < -0.39 is 0 Å². The van der Waals surface area contributed by atoms with E-state index in [1.54, 1.807) is 41.5 Å². The SMILES string of the molecule is COc1ccc(C=CC(=O)c2cn(-c3ccccc3)nc2-c2cccs2)cc1. The molecule has 0 bridgehead atoms. The molecule has 2 aromatic carbocycles. The van der Waals surface area contributed by atoms with Gasteiger partial charge in [0.25, 0.3) is 0 Å². The van der Waals surface area contributed by atoms with Crippen molar-refractivity contribution in [1.82, 2.24) is 9.78 Å². The molecular formula is C23H18N2O2S. The van der Waals surface area contributed by atoms with E-state index in [1.165, 1.54) is 0 Å². The predicted octanol–water partition coefficient (Wildman–Crippen LogP) is 5.51. The van der Waals surface area contributed by atoms with E-state index in [1.807, 2.05) is 72.1 Å². The number of carbonyl (C=O) groups is 1. The first kappa shape index (κ1) is 17.9. The van der Waals surface area contributed by atoms with Crippen molar-refractivity contribution in [3.8, 4) is 22.0 Å². The molecule has 2 heterocycles. The molecule has 0 spiro atoms. The highest BCUT2D eigenvalue weighted by Crippen LogP contribution is 2.28. The zero-order valence-corrected chi connectivity index (χ0v) is 16.1. The number of hydrogen-bond donors (Lipinski definition) is 0. The van der Waals surface area contributed by atoms with Crippen LogP contribution in [0.3, 0.4) is 0 Å². The molecule has 138 valence electrons. The van der Waals surface area contributed by atoms with E-state index in [4.69, 9.17) is 4.74 Å². The van der Waals surface area contributed by atoms with Gasteiger partial charge >= 0.3 is 0 Å². The van der Waals surface area contributed by atoms with Gasteiger partial charge in [-0.2, -0.15) is 5.10 Å². The molecule has 0 aliphatic rings. The van der Waals surface area contributed by atoms with Crippen LogP contribution in [0.25, 0.3) is 22.3 Å². The zero-order valence-electron chi connectivity index (χ0n) is 15.3. The highest BCUT2D eigenvalue weighted by atomic mass is 32.1. The molecular weight excluding hydrogens is 368 g/mol. The van der Waals surface area contributed by atoms with Gasteiger partial charge in [-0.15, -0.1) is 11.3 Å². The summed E-state index contributed by atoms with van der Waals surface area (Å²) in [4.78, 5) is 13.9. The molecule has 0 fully saturated rings. The summed E-state index contributed by atoms with van der Waals surface area (Å²) in [6.45, 7) is 0. The lowest BCUT2D eigenvalue weighted by Crippen LogP contribution is -1.95. The first-order chi connectivity index (χ1) is 13.7. The molecule has 0 atom stereocenters. The third-order valence-electron chi connectivity index (χ3n) is 4.30. The Kier molecular flexibility index (Phi) is 5.17. The normalized spacial score (nSPS) is 11.0. The van der Waals surface area contributed by atoms with Crippen LogP contribution in [0.5, 0.6) is 5.75 Å². The van der Waals surface area contributed by atoms with Gasteiger partial charge in [0, 0.05) is 6.20 Å². The monoisotopic (exact) mass is 386 g/mol. The minimum atomic E-state index is -0.0820. The van der Waals surface area contributed by atoms with E-state index in [9.17, 15) is 4.79 Å². The van der Waals surface area contributed by atoms with Gasteiger partial charge in [-0.25, -0.2) is 4.68 Å². The van der Waals surface area contributed by atoms with Crippen molar-refractivity contribution in [3.63, 3.8) is 0 Å². The molecule has 0 amide bonds.